The number of hydrogen-bond donors (Lipinski definition) is 1. The smallest absolute Gasteiger partial charge is 0.336 e. The van der Waals surface area contributed by atoms with Crippen LogP contribution in [-0.2, 0) is 19.1 Å². The Morgan fingerprint density at radius 1 is 1.29 bits per heavy atom. The highest BCUT2D eigenvalue weighted by molar-refractivity contribution is 5.95. The molecule has 0 saturated heterocycles. The van der Waals surface area contributed by atoms with E-state index in [1.54, 1.807) is 25.1 Å². The largest absolute Gasteiger partial charge is 0.460 e. The number of allylic oxidation sites excluding steroid dienone is 1. The second-order valence-electron chi connectivity index (χ2n) is 5.61. The third-order valence-corrected chi connectivity index (χ3v) is 3.78. The van der Waals surface area contributed by atoms with Gasteiger partial charge < -0.3 is 14.8 Å². The molecule has 1 aliphatic rings. The SMILES string of the molecule is CCCOCCOC(=O)C1=C(C)NC(=O)C[C@@H]1c1ccccc1F. The van der Waals surface area contributed by atoms with Crippen LogP contribution in [0.5, 0.6) is 0 Å². The van der Waals surface area contributed by atoms with Crippen LogP contribution in [0.2, 0.25) is 0 Å². The van der Waals surface area contributed by atoms with E-state index < -0.39 is 17.7 Å². The minimum absolute atomic E-state index is 0.00897. The van der Waals surface area contributed by atoms with Crippen molar-refractivity contribution in [2.45, 2.75) is 32.6 Å². The summed E-state index contributed by atoms with van der Waals surface area (Å²) in [5, 5.41) is 2.63. The topological polar surface area (TPSA) is 64.6 Å². The summed E-state index contributed by atoms with van der Waals surface area (Å²) in [6.45, 7) is 4.64. The molecule has 0 saturated carbocycles. The lowest BCUT2D eigenvalue weighted by atomic mass is 9.84. The van der Waals surface area contributed by atoms with Crippen LogP contribution in [0.3, 0.4) is 0 Å². The van der Waals surface area contributed by atoms with Crippen molar-refractivity contribution in [1.82, 2.24) is 5.32 Å². The molecule has 1 atom stereocenters. The number of amides is 1. The van der Waals surface area contributed by atoms with Gasteiger partial charge in [0.05, 0.1) is 12.2 Å². The van der Waals surface area contributed by atoms with Crippen molar-refractivity contribution in [2.24, 2.45) is 0 Å². The molecule has 2 rings (SSSR count). The van der Waals surface area contributed by atoms with Gasteiger partial charge in [-0.3, -0.25) is 4.79 Å². The number of hydrogen-bond acceptors (Lipinski definition) is 4. The molecule has 1 aliphatic heterocycles. The van der Waals surface area contributed by atoms with E-state index in [1.165, 1.54) is 6.07 Å². The maximum absolute atomic E-state index is 14.1. The normalized spacial score (nSPS) is 17.6. The summed E-state index contributed by atoms with van der Waals surface area (Å²) in [5.41, 5.74) is 1.01. The molecule has 130 valence electrons. The van der Waals surface area contributed by atoms with Crippen molar-refractivity contribution in [3.63, 3.8) is 0 Å². The predicted molar refractivity (Wildman–Crippen MR) is 86.7 cm³/mol. The Hall–Kier alpha value is -2.21. The van der Waals surface area contributed by atoms with Gasteiger partial charge in [-0.15, -0.1) is 0 Å². The molecule has 0 aliphatic carbocycles. The van der Waals surface area contributed by atoms with E-state index in [2.05, 4.69) is 5.32 Å². The summed E-state index contributed by atoms with van der Waals surface area (Å²) >= 11 is 0. The lowest BCUT2D eigenvalue weighted by molar-refractivity contribution is -0.141. The summed E-state index contributed by atoms with van der Waals surface area (Å²) in [6.07, 6.45) is 0.897. The summed E-state index contributed by atoms with van der Waals surface area (Å²) in [5.74, 6) is -1.89. The fourth-order valence-electron chi connectivity index (χ4n) is 2.71. The number of halogens is 1. The highest BCUT2D eigenvalue weighted by Gasteiger charge is 2.34. The lowest BCUT2D eigenvalue weighted by Gasteiger charge is -2.26. The van der Waals surface area contributed by atoms with Crippen molar-refractivity contribution >= 4 is 11.9 Å². The molecular weight excluding hydrogens is 313 g/mol. The van der Waals surface area contributed by atoms with Crippen LogP contribution in [0.25, 0.3) is 0 Å². The zero-order valence-electron chi connectivity index (χ0n) is 13.9. The first-order chi connectivity index (χ1) is 11.5. The van der Waals surface area contributed by atoms with Gasteiger partial charge >= 0.3 is 5.97 Å². The van der Waals surface area contributed by atoms with Crippen LogP contribution in [0.4, 0.5) is 4.39 Å². The first-order valence-corrected chi connectivity index (χ1v) is 8.04. The molecule has 1 amide bonds. The molecule has 0 unspecified atom stereocenters. The molecule has 0 radical (unpaired) electrons. The fraction of sp³-hybridized carbons (Fsp3) is 0.444. The zero-order valence-corrected chi connectivity index (χ0v) is 13.9. The van der Waals surface area contributed by atoms with Gasteiger partial charge in [-0.25, -0.2) is 9.18 Å². The van der Waals surface area contributed by atoms with Crippen molar-refractivity contribution in [1.29, 1.82) is 0 Å². The Kier molecular flexibility index (Phi) is 6.49. The van der Waals surface area contributed by atoms with Crippen LogP contribution in [-0.4, -0.2) is 31.7 Å². The van der Waals surface area contributed by atoms with Gasteiger partial charge in [0.2, 0.25) is 5.91 Å². The van der Waals surface area contributed by atoms with Crippen molar-refractivity contribution < 1.29 is 23.5 Å². The Balaban J connectivity index is 2.17. The quantitative estimate of drug-likeness (QED) is 0.615. The van der Waals surface area contributed by atoms with Crippen molar-refractivity contribution in [2.75, 3.05) is 19.8 Å². The Bertz CT molecular complexity index is 642. The predicted octanol–water partition coefficient (Wildman–Crippen LogP) is 2.67. The molecule has 24 heavy (non-hydrogen) atoms. The van der Waals surface area contributed by atoms with E-state index in [9.17, 15) is 14.0 Å². The van der Waals surface area contributed by atoms with Crippen LogP contribution < -0.4 is 5.32 Å². The van der Waals surface area contributed by atoms with Gasteiger partial charge in [-0.05, 0) is 25.0 Å². The molecule has 1 heterocycles. The molecule has 0 fully saturated rings. The maximum Gasteiger partial charge on any atom is 0.336 e. The van der Waals surface area contributed by atoms with Gasteiger partial charge in [0.1, 0.15) is 12.4 Å². The second-order valence-corrected chi connectivity index (χ2v) is 5.61. The standard InChI is InChI=1S/C18H22FNO4/c1-3-8-23-9-10-24-18(22)17-12(2)20-16(21)11-14(17)13-6-4-5-7-15(13)19/h4-7,14H,3,8-11H2,1-2H3,(H,20,21)/t14-/m1/s1. The van der Waals surface area contributed by atoms with Gasteiger partial charge in [-0.1, -0.05) is 25.1 Å². The third-order valence-electron chi connectivity index (χ3n) is 3.78. The highest BCUT2D eigenvalue weighted by Crippen LogP contribution is 2.34. The zero-order chi connectivity index (χ0) is 17.5. The summed E-state index contributed by atoms with van der Waals surface area (Å²) < 4.78 is 24.6. The molecule has 1 aromatic rings. The molecule has 0 aromatic heterocycles. The average Bonchev–Trinajstić information content (AvgIpc) is 2.54. The van der Waals surface area contributed by atoms with Crippen LogP contribution >= 0.6 is 0 Å². The van der Waals surface area contributed by atoms with E-state index in [0.29, 0.717) is 24.5 Å². The van der Waals surface area contributed by atoms with E-state index in [1.807, 2.05) is 6.92 Å². The van der Waals surface area contributed by atoms with E-state index >= 15 is 0 Å². The maximum atomic E-state index is 14.1. The van der Waals surface area contributed by atoms with Crippen molar-refractivity contribution in [3.05, 3.63) is 46.9 Å². The highest BCUT2D eigenvalue weighted by atomic mass is 19.1. The minimum Gasteiger partial charge on any atom is -0.460 e. The first kappa shape index (κ1) is 18.1. The Labute approximate surface area is 140 Å². The number of esters is 1. The number of benzene rings is 1. The van der Waals surface area contributed by atoms with E-state index in [0.717, 1.165) is 6.42 Å². The Morgan fingerprint density at radius 2 is 2.04 bits per heavy atom. The van der Waals surface area contributed by atoms with Gasteiger partial charge in [-0.2, -0.15) is 0 Å². The third kappa shape index (κ3) is 4.41. The molecule has 0 spiro atoms. The summed E-state index contributed by atoms with van der Waals surface area (Å²) in [4.78, 5) is 24.3. The number of carbonyl (C=O) groups excluding carboxylic acids is 2. The summed E-state index contributed by atoms with van der Waals surface area (Å²) in [6, 6.07) is 6.16. The number of carbonyl (C=O) groups is 2. The number of ether oxygens (including phenoxy) is 2. The molecule has 6 heteroatoms. The van der Waals surface area contributed by atoms with E-state index in [-0.39, 0.29) is 24.5 Å². The van der Waals surface area contributed by atoms with Gasteiger partial charge in [0, 0.05) is 24.6 Å². The van der Waals surface area contributed by atoms with Gasteiger partial charge in [0.15, 0.2) is 0 Å². The van der Waals surface area contributed by atoms with Crippen LogP contribution in [0.1, 0.15) is 38.2 Å². The fourth-order valence-corrected chi connectivity index (χ4v) is 2.71. The number of nitrogens with one attached hydrogen (secondary N) is 1. The van der Waals surface area contributed by atoms with Crippen LogP contribution in [0, 0.1) is 5.82 Å². The molecule has 0 bridgehead atoms. The van der Waals surface area contributed by atoms with Crippen LogP contribution in [0.15, 0.2) is 35.5 Å². The van der Waals surface area contributed by atoms with Gasteiger partial charge in [0.25, 0.3) is 0 Å². The monoisotopic (exact) mass is 335 g/mol. The van der Waals surface area contributed by atoms with Crippen molar-refractivity contribution in [3.8, 4) is 0 Å². The Morgan fingerprint density at radius 3 is 2.75 bits per heavy atom. The lowest BCUT2D eigenvalue weighted by Crippen LogP contribution is -2.34. The number of rotatable bonds is 7. The second kappa shape index (κ2) is 8.59. The first-order valence-electron chi connectivity index (χ1n) is 8.04. The molecular formula is C18H22FNO4. The summed E-state index contributed by atoms with van der Waals surface area (Å²) in [7, 11) is 0. The minimum atomic E-state index is -0.649. The van der Waals surface area contributed by atoms with E-state index in [4.69, 9.17) is 9.47 Å². The molecule has 1 N–H and O–H groups in total. The average molecular weight is 335 g/mol. The molecule has 1 aromatic carbocycles. The molecule has 5 nitrogen and oxygen atoms in total.